The number of methoxy groups -OCH3 is 1. The highest BCUT2D eigenvalue weighted by Gasteiger charge is 2.43. The summed E-state index contributed by atoms with van der Waals surface area (Å²) in [5.74, 6) is 0.0751. The lowest BCUT2D eigenvalue weighted by Crippen LogP contribution is -2.60. The van der Waals surface area contributed by atoms with E-state index in [1.54, 1.807) is 54.6 Å². The van der Waals surface area contributed by atoms with Gasteiger partial charge in [-0.2, -0.15) is 13.7 Å². The lowest BCUT2D eigenvalue weighted by atomic mass is 10.2. The normalized spacial score (nSPS) is 16.7. The minimum absolute atomic E-state index is 0.0126. The van der Waals surface area contributed by atoms with Crippen LogP contribution in [0.3, 0.4) is 0 Å². The fourth-order valence-electron chi connectivity index (χ4n) is 4.27. The number of halogens is 1. The molecule has 42 heavy (non-hydrogen) atoms. The third-order valence-corrected chi connectivity index (χ3v) is 10.7. The number of nitrogens with zero attached hydrogens (tertiary/aromatic N) is 3. The quantitative estimate of drug-likeness (QED) is 0.187. The molecule has 11 nitrogen and oxygen atoms in total. The zero-order chi connectivity index (χ0) is 30.3. The Kier molecular flexibility index (Phi) is 10.2. The zero-order valence-electron chi connectivity index (χ0n) is 22.6. The molecule has 14 heteroatoms. The number of rotatable bonds is 11. The second-order valence-electron chi connectivity index (χ2n) is 8.99. The summed E-state index contributed by atoms with van der Waals surface area (Å²) in [6.07, 6.45) is 2.94. The van der Waals surface area contributed by atoms with Crippen molar-refractivity contribution in [2.45, 2.75) is 15.8 Å². The van der Waals surface area contributed by atoms with Crippen LogP contribution in [0.25, 0.3) is 0 Å². The van der Waals surface area contributed by atoms with Gasteiger partial charge in [0, 0.05) is 19.6 Å². The van der Waals surface area contributed by atoms with Crippen LogP contribution in [0.1, 0.15) is 5.56 Å². The van der Waals surface area contributed by atoms with Crippen LogP contribution in [0.4, 0.5) is 0 Å². The van der Waals surface area contributed by atoms with Crippen LogP contribution in [-0.2, 0) is 24.8 Å². The van der Waals surface area contributed by atoms with Gasteiger partial charge >= 0.3 is 0 Å². The van der Waals surface area contributed by atoms with Gasteiger partial charge in [-0.15, -0.1) is 0 Å². The Morgan fingerprint density at radius 2 is 1.64 bits per heavy atom. The zero-order valence-corrected chi connectivity index (χ0v) is 25.8. The summed E-state index contributed by atoms with van der Waals surface area (Å²) in [7, 11) is -6.65. The lowest BCUT2D eigenvalue weighted by Gasteiger charge is -2.38. The summed E-state index contributed by atoms with van der Waals surface area (Å²) in [6, 6.07) is 17.4. The van der Waals surface area contributed by atoms with Crippen molar-refractivity contribution in [1.82, 2.24) is 14.0 Å². The largest absolute Gasteiger partial charge is 0.493 e. The third-order valence-electron chi connectivity index (χ3n) is 6.31. The van der Waals surface area contributed by atoms with Gasteiger partial charge in [-0.25, -0.2) is 22.3 Å². The standard InChI is InChI=1S/C28H29BrN4O7S2/c1-3-16-40-27-24(29)17-21(18-26(27)39-2)19-30-31-28(34)25-20-32(41(35,36)22-10-6-4-7-11-22)14-15-33(25)42(37,38)23-12-8-5-9-13-23/h3-13,17-19,25H,1,14-16,20H2,2H3,(H,31,34)/b30-19-/t25-/m0/s1. The summed E-state index contributed by atoms with van der Waals surface area (Å²) < 4.78 is 67.4. The van der Waals surface area contributed by atoms with E-state index in [1.165, 1.54) is 37.6 Å². The molecule has 3 aromatic rings. The average molecular weight is 678 g/mol. The Hall–Kier alpha value is -3.56. The van der Waals surface area contributed by atoms with Gasteiger partial charge in [-0.1, -0.05) is 49.1 Å². The van der Waals surface area contributed by atoms with E-state index in [0.29, 0.717) is 21.5 Å². The molecule has 1 aliphatic heterocycles. The van der Waals surface area contributed by atoms with Crippen LogP contribution in [0.15, 0.2) is 105 Å². The molecule has 0 bridgehead atoms. The predicted molar refractivity (Wildman–Crippen MR) is 161 cm³/mol. The van der Waals surface area contributed by atoms with Crippen LogP contribution in [0.2, 0.25) is 0 Å². The van der Waals surface area contributed by atoms with Gasteiger partial charge in [0.1, 0.15) is 12.6 Å². The fraction of sp³-hybridized carbons (Fsp3) is 0.214. The molecule has 0 radical (unpaired) electrons. The Morgan fingerprint density at radius 1 is 1.02 bits per heavy atom. The smallest absolute Gasteiger partial charge is 0.259 e. The van der Waals surface area contributed by atoms with Crippen molar-refractivity contribution < 1.29 is 31.1 Å². The van der Waals surface area contributed by atoms with Crippen molar-refractivity contribution >= 4 is 48.1 Å². The minimum Gasteiger partial charge on any atom is -0.493 e. The molecule has 0 spiro atoms. The molecular weight excluding hydrogens is 648 g/mol. The van der Waals surface area contributed by atoms with Gasteiger partial charge in [-0.05, 0) is 57.9 Å². The van der Waals surface area contributed by atoms with E-state index in [4.69, 9.17) is 9.47 Å². The summed E-state index contributed by atoms with van der Waals surface area (Å²) >= 11 is 3.42. The molecule has 222 valence electrons. The molecule has 4 rings (SSSR count). The minimum atomic E-state index is -4.14. The molecule has 1 heterocycles. The highest BCUT2D eigenvalue weighted by atomic mass is 79.9. The van der Waals surface area contributed by atoms with Gasteiger partial charge in [0.25, 0.3) is 5.91 Å². The number of piperazine rings is 1. The van der Waals surface area contributed by atoms with Crippen molar-refractivity contribution in [2.75, 3.05) is 33.4 Å². The number of amides is 1. The number of hydrogen-bond acceptors (Lipinski definition) is 8. The van der Waals surface area contributed by atoms with E-state index in [1.807, 2.05) is 0 Å². The molecule has 1 saturated heterocycles. The molecule has 3 aromatic carbocycles. The SMILES string of the molecule is C=CCOc1c(Br)cc(/C=N\NC(=O)[C@@H]2CN(S(=O)(=O)c3ccccc3)CCN2S(=O)(=O)c2ccccc2)cc1OC. The van der Waals surface area contributed by atoms with Crippen molar-refractivity contribution in [1.29, 1.82) is 0 Å². The van der Waals surface area contributed by atoms with Gasteiger partial charge in [-0.3, -0.25) is 4.79 Å². The second-order valence-corrected chi connectivity index (χ2v) is 13.7. The molecule has 1 amide bonds. The Balaban J connectivity index is 1.61. The van der Waals surface area contributed by atoms with Crippen LogP contribution in [-0.4, -0.2) is 77.0 Å². The van der Waals surface area contributed by atoms with Crippen LogP contribution >= 0.6 is 15.9 Å². The summed E-state index contributed by atoms with van der Waals surface area (Å²) in [4.78, 5) is 13.5. The molecule has 0 unspecified atom stereocenters. The van der Waals surface area contributed by atoms with E-state index in [9.17, 15) is 21.6 Å². The van der Waals surface area contributed by atoms with Crippen molar-refractivity contribution in [3.05, 3.63) is 95.5 Å². The molecule has 1 aliphatic rings. The van der Waals surface area contributed by atoms with Crippen molar-refractivity contribution in [3.8, 4) is 11.5 Å². The lowest BCUT2D eigenvalue weighted by molar-refractivity contribution is -0.125. The van der Waals surface area contributed by atoms with Crippen LogP contribution in [0.5, 0.6) is 11.5 Å². The Bertz CT molecular complexity index is 1670. The Morgan fingerprint density at radius 3 is 2.24 bits per heavy atom. The molecule has 1 N–H and O–H groups in total. The van der Waals surface area contributed by atoms with Gasteiger partial charge in [0.05, 0.1) is 27.6 Å². The number of hydrazone groups is 1. The average Bonchev–Trinajstić information content (AvgIpc) is 3.00. The molecule has 0 saturated carbocycles. The van der Waals surface area contributed by atoms with E-state index in [0.717, 1.165) is 8.61 Å². The van der Waals surface area contributed by atoms with Gasteiger partial charge in [0.15, 0.2) is 11.5 Å². The van der Waals surface area contributed by atoms with Crippen molar-refractivity contribution in [3.63, 3.8) is 0 Å². The number of nitrogens with one attached hydrogen (secondary N) is 1. The molecule has 1 fully saturated rings. The molecular formula is C28H29BrN4O7S2. The molecule has 0 aliphatic carbocycles. The molecule has 1 atom stereocenters. The van der Waals surface area contributed by atoms with E-state index in [2.05, 4.69) is 33.0 Å². The number of carbonyl (C=O) groups excluding carboxylic acids is 1. The Labute approximate surface area is 253 Å². The number of hydrogen-bond donors (Lipinski definition) is 1. The topological polar surface area (TPSA) is 135 Å². The summed E-state index contributed by atoms with van der Waals surface area (Å²) in [6.45, 7) is 3.12. The van der Waals surface area contributed by atoms with Crippen molar-refractivity contribution in [2.24, 2.45) is 5.10 Å². The van der Waals surface area contributed by atoms with Crippen LogP contribution < -0.4 is 14.9 Å². The first kappa shape index (κ1) is 31.4. The summed E-state index contributed by atoms with van der Waals surface area (Å²) in [5.41, 5.74) is 2.91. The number of carbonyl (C=O) groups is 1. The first-order valence-electron chi connectivity index (χ1n) is 12.7. The maximum atomic E-state index is 13.5. The first-order chi connectivity index (χ1) is 20.1. The van der Waals surface area contributed by atoms with Gasteiger partial charge < -0.3 is 9.47 Å². The maximum absolute atomic E-state index is 13.5. The highest BCUT2D eigenvalue weighted by molar-refractivity contribution is 9.10. The summed E-state index contributed by atoms with van der Waals surface area (Å²) in [5, 5.41) is 4.01. The number of benzene rings is 3. The highest BCUT2D eigenvalue weighted by Crippen LogP contribution is 2.36. The second kappa shape index (κ2) is 13.6. The van der Waals surface area contributed by atoms with Crippen LogP contribution in [0, 0.1) is 0 Å². The molecule has 0 aromatic heterocycles. The fourth-order valence-corrected chi connectivity index (χ4v) is 7.90. The number of sulfonamides is 2. The van der Waals surface area contributed by atoms with E-state index < -0.39 is 38.5 Å². The maximum Gasteiger partial charge on any atom is 0.259 e. The first-order valence-corrected chi connectivity index (χ1v) is 16.3. The predicted octanol–water partition coefficient (Wildman–Crippen LogP) is 3.24. The third kappa shape index (κ3) is 6.90. The monoisotopic (exact) mass is 676 g/mol. The van der Waals surface area contributed by atoms with Gasteiger partial charge in [0.2, 0.25) is 20.0 Å². The number of ether oxygens (including phenoxy) is 2. The van der Waals surface area contributed by atoms with E-state index >= 15 is 0 Å². The van der Waals surface area contributed by atoms with E-state index in [-0.39, 0.29) is 29.5 Å².